The van der Waals surface area contributed by atoms with Gasteiger partial charge in [-0.25, -0.2) is 17.7 Å². The zero-order chi connectivity index (χ0) is 22.9. The van der Waals surface area contributed by atoms with E-state index >= 15 is 0 Å². The number of rotatable bonds is 6. The van der Waals surface area contributed by atoms with Gasteiger partial charge in [-0.2, -0.15) is 4.31 Å². The summed E-state index contributed by atoms with van der Waals surface area (Å²) >= 11 is 3.31. The summed E-state index contributed by atoms with van der Waals surface area (Å²) < 4.78 is 42.2. The average molecular weight is 517 g/mol. The summed E-state index contributed by atoms with van der Waals surface area (Å²) in [7, 11) is -4.21. The van der Waals surface area contributed by atoms with Crippen molar-refractivity contribution in [3.8, 4) is 0 Å². The molecule has 1 aliphatic heterocycles. The van der Waals surface area contributed by atoms with E-state index in [1.807, 2.05) is 0 Å². The van der Waals surface area contributed by atoms with Crippen LogP contribution in [0.1, 0.15) is 12.0 Å². The number of hydrogen-bond donors (Lipinski definition) is 0. The topological polar surface area (TPSA) is 74.8 Å². The van der Waals surface area contributed by atoms with Crippen LogP contribution in [0.2, 0.25) is 0 Å². The molecule has 0 spiro atoms. The third kappa shape index (κ3) is 4.36. The maximum atomic E-state index is 13.5. The van der Waals surface area contributed by atoms with E-state index in [4.69, 9.17) is 0 Å². The molecule has 0 aromatic heterocycles. The number of carbonyl (C=O) groups is 2. The zero-order valence-corrected chi connectivity index (χ0v) is 19.1. The molecule has 3 aromatic carbocycles. The van der Waals surface area contributed by atoms with Crippen LogP contribution in [0.25, 0.3) is 0 Å². The number of carbonyl (C=O) groups excluding carboxylic acids is 2. The fraction of sp³-hybridized carbons (Fsp3) is 0.130. The van der Waals surface area contributed by atoms with Gasteiger partial charge >= 0.3 is 0 Å². The van der Waals surface area contributed by atoms with Gasteiger partial charge in [0.25, 0.3) is 5.91 Å². The molecule has 0 saturated carbocycles. The zero-order valence-electron chi connectivity index (χ0n) is 16.7. The summed E-state index contributed by atoms with van der Waals surface area (Å²) in [5.74, 6) is -1.69. The number of halogens is 2. The van der Waals surface area contributed by atoms with Crippen molar-refractivity contribution >= 4 is 43.5 Å². The molecule has 1 atom stereocenters. The van der Waals surface area contributed by atoms with Gasteiger partial charge in [0.15, 0.2) is 0 Å². The highest BCUT2D eigenvalue weighted by molar-refractivity contribution is 9.10. The van der Waals surface area contributed by atoms with Crippen LogP contribution in [0.3, 0.4) is 0 Å². The number of hydrogen-bond acceptors (Lipinski definition) is 4. The highest BCUT2D eigenvalue weighted by atomic mass is 79.9. The molecule has 0 bridgehead atoms. The Labute approximate surface area is 193 Å². The van der Waals surface area contributed by atoms with Crippen molar-refractivity contribution < 1.29 is 22.4 Å². The summed E-state index contributed by atoms with van der Waals surface area (Å²) in [6.07, 6.45) is -0.290. The molecule has 3 aromatic rings. The van der Waals surface area contributed by atoms with Gasteiger partial charge in [-0.3, -0.25) is 9.59 Å². The molecule has 164 valence electrons. The maximum Gasteiger partial charge on any atom is 0.252 e. The third-order valence-electron chi connectivity index (χ3n) is 5.16. The van der Waals surface area contributed by atoms with Crippen molar-refractivity contribution in [2.75, 3.05) is 4.90 Å². The molecule has 9 heteroatoms. The number of amides is 2. The normalized spacial score (nSPS) is 16.7. The maximum absolute atomic E-state index is 13.5. The summed E-state index contributed by atoms with van der Waals surface area (Å²) in [5.41, 5.74) is 1.02. The van der Waals surface area contributed by atoms with Gasteiger partial charge in [0.05, 0.1) is 17.0 Å². The largest absolute Gasteiger partial charge is 0.274 e. The van der Waals surface area contributed by atoms with Gasteiger partial charge in [-0.1, -0.05) is 46.3 Å². The van der Waals surface area contributed by atoms with Crippen molar-refractivity contribution in [1.29, 1.82) is 0 Å². The second-order valence-electron chi connectivity index (χ2n) is 7.25. The predicted octanol–water partition coefficient (Wildman–Crippen LogP) is 4.11. The predicted molar refractivity (Wildman–Crippen MR) is 121 cm³/mol. The Morgan fingerprint density at radius 3 is 2.19 bits per heavy atom. The fourth-order valence-corrected chi connectivity index (χ4v) is 5.40. The van der Waals surface area contributed by atoms with E-state index < -0.39 is 33.7 Å². The van der Waals surface area contributed by atoms with E-state index in [1.165, 1.54) is 0 Å². The number of sulfonamides is 1. The number of anilines is 1. The lowest BCUT2D eigenvalue weighted by atomic mass is 10.2. The average Bonchev–Trinajstić information content (AvgIpc) is 3.07. The first-order chi connectivity index (χ1) is 15.3. The van der Waals surface area contributed by atoms with Crippen molar-refractivity contribution in [2.45, 2.75) is 23.9 Å². The van der Waals surface area contributed by atoms with Crippen molar-refractivity contribution in [3.05, 3.63) is 94.7 Å². The van der Waals surface area contributed by atoms with Crippen LogP contribution in [0.5, 0.6) is 0 Å². The summed E-state index contributed by atoms with van der Waals surface area (Å²) in [5, 5.41) is 0. The van der Waals surface area contributed by atoms with Gasteiger partial charge in [0.1, 0.15) is 11.9 Å². The quantitative estimate of drug-likeness (QED) is 0.462. The lowest BCUT2D eigenvalue weighted by Gasteiger charge is -2.27. The molecule has 4 rings (SSSR count). The van der Waals surface area contributed by atoms with Gasteiger partial charge in [-0.05, 0) is 54.1 Å². The molecule has 1 saturated heterocycles. The standard InChI is InChI=1S/C23H18BrFN2O4S/c24-17-6-10-19(11-7-17)27-22(28)14-21(23(27)29)26(15-16-4-2-1-3-5-16)32(30,31)20-12-8-18(25)9-13-20/h1-13,21H,14-15H2. The van der Waals surface area contributed by atoms with Crippen LogP contribution in [0.15, 0.2) is 88.2 Å². The Morgan fingerprint density at radius 1 is 0.938 bits per heavy atom. The Balaban J connectivity index is 1.74. The molecule has 0 radical (unpaired) electrons. The molecule has 32 heavy (non-hydrogen) atoms. The third-order valence-corrected chi connectivity index (χ3v) is 7.55. The molecule has 1 aliphatic rings. The van der Waals surface area contributed by atoms with Gasteiger partial charge in [0, 0.05) is 11.0 Å². The minimum absolute atomic E-state index is 0.113. The van der Waals surface area contributed by atoms with Crippen LogP contribution in [-0.4, -0.2) is 30.6 Å². The smallest absolute Gasteiger partial charge is 0.252 e. The lowest BCUT2D eigenvalue weighted by molar-refractivity contribution is -0.122. The molecule has 1 fully saturated rings. The number of benzene rings is 3. The highest BCUT2D eigenvalue weighted by Gasteiger charge is 2.47. The van der Waals surface area contributed by atoms with Crippen LogP contribution < -0.4 is 4.90 Å². The Hall–Kier alpha value is -2.88. The summed E-state index contributed by atoms with van der Waals surface area (Å²) in [4.78, 5) is 26.9. The summed E-state index contributed by atoms with van der Waals surface area (Å²) in [6.45, 7) is -0.113. The fourth-order valence-electron chi connectivity index (χ4n) is 3.57. The Bertz CT molecular complexity index is 1250. The second-order valence-corrected chi connectivity index (χ2v) is 10.1. The van der Waals surface area contributed by atoms with Crippen molar-refractivity contribution in [3.63, 3.8) is 0 Å². The Kier molecular flexibility index (Phi) is 6.23. The van der Waals surface area contributed by atoms with Crippen LogP contribution in [0, 0.1) is 5.82 Å². The van der Waals surface area contributed by atoms with Crippen LogP contribution in [0.4, 0.5) is 10.1 Å². The molecule has 0 N–H and O–H groups in total. The molecule has 6 nitrogen and oxygen atoms in total. The minimum Gasteiger partial charge on any atom is -0.274 e. The first-order valence-corrected chi connectivity index (χ1v) is 11.9. The lowest BCUT2D eigenvalue weighted by Crippen LogP contribution is -2.45. The van der Waals surface area contributed by atoms with Crippen molar-refractivity contribution in [2.24, 2.45) is 0 Å². The molecule has 1 heterocycles. The van der Waals surface area contributed by atoms with E-state index in [9.17, 15) is 22.4 Å². The van der Waals surface area contributed by atoms with Crippen LogP contribution >= 0.6 is 15.9 Å². The molecule has 0 aliphatic carbocycles. The minimum atomic E-state index is -4.21. The highest BCUT2D eigenvalue weighted by Crippen LogP contribution is 2.31. The molecule has 2 amide bonds. The number of imide groups is 1. The first-order valence-electron chi connectivity index (χ1n) is 9.71. The molecular weight excluding hydrogens is 499 g/mol. The summed E-state index contributed by atoms with van der Waals surface area (Å²) in [6, 6.07) is 18.6. The van der Waals surface area contributed by atoms with E-state index in [2.05, 4.69) is 15.9 Å². The van der Waals surface area contributed by atoms with Crippen LogP contribution in [-0.2, 0) is 26.2 Å². The molecular formula is C23H18BrFN2O4S. The Morgan fingerprint density at radius 2 is 1.56 bits per heavy atom. The monoisotopic (exact) mass is 516 g/mol. The van der Waals surface area contributed by atoms with Gasteiger partial charge in [0.2, 0.25) is 15.9 Å². The molecule has 1 unspecified atom stereocenters. The number of nitrogens with zero attached hydrogens (tertiary/aromatic N) is 2. The first kappa shape index (κ1) is 22.3. The second kappa shape index (κ2) is 8.93. The van der Waals surface area contributed by atoms with E-state index in [1.54, 1.807) is 54.6 Å². The van der Waals surface area contributed by atoms with E-state index in [0.717, 1.165) is 37.9 Å². The van der Waals surface area contributed by atoms with E-state index in [-0.39, 0.29) is 17.9 Å². The van der Waals surface area contributed by atoms with E-state index in [0.29, 0.717) is 11.3 Å². The van der Waals surface area contributed by atoms with Crippen molar-refractivity contribution in [1.82, 2.24) is 4.31 Å². The SMILES string of the molecule is O=C1CC(N(Cc2ccccc2)S(=O)(=O)c2ccc(F)cc2)C(=O)N1c1ccc(Br)cc1. The van der Waals surface area contributed by atoms with Gasteiger partial charge in [-0.15, -0.1) is 0 Å². The van der Waals surface area contributed by atoms with Gasteiger partial charge < -0.3 is 0 Å².